The molecule has 7 heteroatoms. The summed E-state index contributed by atoms with van der Waals surface area (Å²) in [6.45, 7) is 2.89. The van der Waals surface area contributed by atoms with E-state index in [1.54, 1.807) is 17.1 Å². The molecule has 0 aliphatic carbocycles. The minimum atomic E-state index is -0.235. The molecule has 1 aromatic heterocycles. The zero-order valence-corrected chi connectivity index (χ0v) is 15.7. The lowest BCUT2D eigenvalue weighted by Crippen LogP contribution is -2.17. The number of hydrogen-bond donors (Lipinski definition) is 1. The van der Waals surface area contributed by atoms with Gasteiger partial charge in [-0.05, 0) is 19.1 Å². The maximum Gasteiger partial charge on any atom is 0.275 e. The molecule has 132 valence electrons. The Hall–Kier alpha value is -2.51. The third-order valence-electron chi connectivity index (χ3n) is 3.72. The van der Waals surface area contributed by atoms with Crippen molar-refractivity contribution in [2.45, 2.75) is 16.7 Å². The van der Waals surface area contributed by atoms with Crippen LogP contribution in [0.5, 0.6) is 11.5 Å². The van der Waals surface area contributed by atoms with E-state index < -0.39 is 0 Å². The highest BCUT2D eigenvalue weighted by atomic mass is 32.2. The molecule has 0 radical (unpaired) electrons. The van der Waals surface area contributed by atoms with Gasteiger partial charge in [-0.3, -0.25) is 4.79 Å². The van der Waals surface area contributed by atoms with Crippen molar-refractivity contribution < 1.29 is 14.3 Å². The summed E-state index contributed by atoms with van der Waals surface area (Å²) in [4.78, 5) is 18.8. The Morgan fingerprint density at radius 3 is 2.58 bits per heavy atom. The predicted molar refractivity (Wildman–Crippen MR) is 103 cm³/mol. The van der Waals surface area contributed by atoms with Gasteiger partial charge in [0.1, 0.15) is 18.9 Å². The minimum absolute atomic E-state index is 0.235. The number of anilines is 1. The number of amides is 1. The maximum atomic E-state index is 12.6. The van der Waals surface area contributed by atoms with Crippen molar-refractivity contribution in [3.8, 4) is 11.5 Å². The van der Waals surface area contributed by atoms with Crippen LogP contribution in [0.1, 0.15) is 15.5 Å². The van der Waals surface area contributed by atoms with E-state index in [9.17, 15) is 4.79 Å². The van der Waals surface area contributed by atoms with E-state index in [0.717, 1.165) is 14.8 Å². The first-order chi connectivity index (χ1) is 12.7. The van der Waals surface area contributed by atoms with Gasteiger partial charge in [-0.2, -0.15) is 0 Å². The number of fused-ring (bicyclic) bond motifs is 1. The monoisotopic (exact) mass is 384 g/mol. The highest BCUT2D eigenvalue weighted by Crippen LogP contribution is 2.42. The molecule has 0 bridgehead atoms. The Labute approximate surface area is 159 Å². The first kappa shape index (κ1) is 16.9. The number of carbonyl (C=O) groups excluding carboxylic acids is 1. The summed E-state index contributed by atoms with van der Waals surface area (Å²) in [7, 11) is 0. The van der Waals surface area contributed by atoms with Gasteiger partial charge in [-0.1, -0.05) is 30.0 Å². The van der Waals surface area contributed by atoms with Crippen LogP contribution in [0.2, 0.25) is 0 Å². The van der Waals surface area contributed by atoms with Gasteiger partial charge in [-0.15, -0.1) is 11.3 Å². The highest BCUT2D eigenvalue weighted by molar-refractivity contribution is 7.99. The summed E-state index contributed by atoms with van der Waals surface area (Å²) in [6, 6.07) is 13.7. The summed E-state index contributed by atoms with van der Waals surface area (Å²) in [5.74, 6) is 1.09. The minimum Gasteiger partial charge on any atom is -0.486 e. The third-order valence-corrected chi connectivity index (χ3v) is 5.55. The molecular weight excluding hydrogens is 368 g/mol. The molecule has 0 fully saturated rings. The first-order valence-electron chi connectivity index (χ1n) is 8.09. The van der Waals surface area contributed by atoms with Crippen LogP contribution < -0.4 is 14.8 Å². The van der Waals surface area contributed by atoms with Crippen molar-refractivity contribution in [3.05, 3.63) is 58.5 Å². The summed E-state index contributed by atoms with van der Waals surface area (Å²) < 4.78 is 11.3. The van der Waals surface area contributed by atoms with Crippen LogP contribution in [0, 0.1) is 6.92 Å². The van der Waals surface area contributed by atoms with Gasteiger partial charge in [0.25, 0.3) is 5.91 Å². The second-order valence-corrected chi connectivity index (χ2v) is 7.79. The topological polar surface area (TPSA) is 60.5 Å². The molecule has 3 aromatic rings. The van der Waals surface area contributed by atoms with E-state index in [4.69, 9.17) is 9.47 Å². The normalized spacial score (nSPS) is 12.7. The summed E-state index contributed by atoms with van der Waals surface area (Å²) in [5, 5.41) is 5.57. The van der Waals surface area contributed by atoms with Gasteiger partial charge in [0.05, 0.1) is 10.7 Å². The van der Waals surface area contributed by atoms with Crippen LogP contribution in [-0.2, 0) is 0 Å². The molecule has 5 nitrogen and oxygen atoms in total. The lowest BCUT2D eigenvalue weighted by molar-refractivity contribution is 0.102. The molecule has 0 atom stereocenters. The molecule has 1 aliphatic rings. The molecule has 0 spiro atoms. The molecule has 0 saturated heterocycles. The number of nitrogens with one attached hydrogen (secondary N) is 1. The fourth-order valence-corrected chi connectivity index (χ4v) is 4.05. The van der Waals surface area contributed by atoms with Crippen LogP contribution in [0.4, 0.5) is 5.69 Å². The second kappa shape index (κ2) is 7.39. The molecule has 1 N–H and O–H groups in total. The number of thiazole rings is 1. The number of aromatic nitrogens is 1. The molecule has 1 aliphatic heterocycles. The number of nitrogens with zero attached hydrogens (tertiary/aromatic N) is 1. The van der Waals surface area contributed by atoms with Crippen molar-refractivity contribution in [1.29, 1.82) is 0 Å². The van der Waals surface area contributed by atoms with Crippen LogP contribution in [0.15, 0.2) is 57.6 Å². The summed E-state index contributed by atoms with van der Waals surface area (Å²) >= 11 is 3.01. The predicted octanol–water partition coefficient (Wildman–Crippen LogP) is 4.63. The lowest BCUT2D eigenvalue weighted by Gasteiger charge is -2.21. The number of benzene rings is 2. The van der Waals surface area contributed by atoms with Gasteiger partial charge < -0.3 is 14.8 Å². The van der Waals surface area contributed by atoms with Gasteiger partial charge in [-0.25, -0.2) is 4.98 Å². The first-order valence-corrected chi connectivity index (χ1v) is 9.79. The SMILES string of the molecule is Cc1nc(C(=O)Nc2cc3c(cc2Sc2ccccc2)OCCO3)cs1. The summed E-state index contributed by atoms with van der Waals surface area (Å²) in [5.41, 5.74) is 1.09. The van der Waals surface area contributed by atoms with Gasteiger partial charge in [0, 0.05) is 27.3 Å². The molecule has 4 rings (SSSR count). The maximum absolute atomic E-state index is 12.6. The van der Waals surface area contributed by atoms with Gasteiger partial charge >= 0.3 is 0 Å². The summed E-state index contributed by atoms with van der Waals surface area (Å²) in [6.07, 6.45) is 0. The van der Waals surface area contributed by atoms with E-state index in [1.165, 1.54) is 11.3 Å². The lowest BCUT2D eigenvalue weighted by atomic mass is 10.2. The van der Waals surface area contributed by atoms with Crippen LogP contribution in [-0.4, -0.2) is 24.1 Å². The largest absolute Gasteiger partial charge is 0.486 e. The van der Waals surface area contributed by atoms with Crippen molar-refractivity contribution in [2.75, 3.05) is 18.5 Å². The third kappa shape index (κ3) is 3.68. The Balaban J connectivity index is 1.67. The zero-order valence-electron chi connectivity index (χ0n) is 14.0. The highest BCUT2D eigenvalue weighted by Gasteiger charge is 2.19. The number of rotatable bonds is 4. The molecule has 2 heterocycles. The van der Waals surface area contributed by atoms with Crippen molar-refractivity contribution in [3.63, 3.8) is 0 Å². The number of carbonyl (C=O) groups is 1. The molecule has 26 heavy (non-hydrogen) atoms. The molecule has 0 unspecified atom stereocenters. The molecular formula is C19H16N2O3S2. The van der Waals surface area contributed by atoms with E-state index in [1.807, 2.05) is 49.4 Å². The Bertz CT molecular complexity index is 941. The standard InChI is InChI=1S/C19H16N2O3S2/c1-12-20-15(11-25-12)19(22)21-14-9-16-17(24-8-7-23-16)10-18(14)26-13-5-3-2-4-6-13/h2-6,9-11H,7-8H2,1H3,(H,21,22). The fraction of sp³-hybridized carbons (Fsp3) is 0.158. The second-order valence-electron chi connectivity index (χ2n) is 5.61. The Morgan fingerprint density at radius 2 is 1.88 bits per heavy atom. The van der Waals surface area contributed by atoms with Crippen LogP contribution >= 0.6 is 23.1 Å². The average Bonchev–Trinajstić information content (AvgIpc) is 3.09. The molecule has 2 aromatic carbocycles. The Morgan fingerprint density at radius 1 is 1.15 bits per heavy atom. The van der Waals surface area contributed by atoms with Crippen LogP contribution in [0.3, 0.4) is 0 Å². The van der Waals surface area contributed by atoms with Gasteiger partial charge in [0.2, 0.25) is 0 Å². The van der Waals surface area contributed by atoms with Gasteiger partial charge in [0.15, 0.2) is 11.5 Å². The van der Waals surface area contributed by atoms with E-state index in [-0.39, 0.29) is 5.91 Å². The number of ether oxygens (including phenoxy) is 2. The molecule has 0 saturated carbocycles. The zero-order chi connectivity index (χ0) is 17.9. The van der Waals surface area contributed by atoms with E-state index >= 15 is 0 Å². The van der Waals surface area contributed by atoms with Crippen molar-refractivity contribution >= 4 is 34.7 Å². The number of hydrogen-bond acceptors (Lipinski definition) is 6. The van der Waals surface area contributed by atoms with Crippen molar-refractivity contribution in [2.24, 2.45) is 0 Å². The van der Waals surface area contributed by atoms with Crippen molar-refractivity contribution in [1.82, 2.24) is 4.98 Å². The quantitative estimate of drug-likeness (QED) is 0.711. The average molecular weight is 384 g/mol. The molecule has 1 amide bonds. The van der Waals surface area contributed by atoms with E-state index in [2.05, 4.69) is 10.3 Å². The van der Waals surface area contributed by atoms with E-state index in [0.29, 0.717) is 36.1 Å². The smallest absolute Gasteiger partial charge is 0.275 e. The Kier molecular flexibility index (Phi) is 4.81. The fourth-order valence-electron chi connectivity index (χ4n) is 2.52. The van der Waals surface area contributed by atoms with Crippen LogP contribution in [0.25, 0.3) is 0 Å². The number of aryl methyl sites for hydroxylation is 1.